The van der Waals surface area contributed by atoms with Crippen molar-refractivity contribution in [1.29, 1.82) is 0 Å². The lowest BCUT2D eigenvalue weighted by molar-refractivity contribution is 0.363. The Balaban J connectivity index is 1.36. The van der Waals surface area contributed by atoms with Crippen LogP contribution in [0, 0.1) is 27.7 Å². The third kappa shape index (κ3) is 4.46. The minimum Gasteiger partial charge on any atom is -0.506 e. The Morgan fingerprint density at radius 3 is 2.37 bits per heavy atom. The number of aromatic nitrogens is 1. The smallest absolute Gasteiger partial charge is 0.219 e. The Hall–Kier alpha value is -4.64. The lowest BCUT2D eigenvalue weighted by atomic mass is 9.68. The summed E-state index contributed by atoms with van der Waals surface area (Å²) in [4.78, 5) is 12.6. The van der Waals surface area contributed by atoms with E-state index < -0.39 is 0 Å². The summed E-state index contributed by atoms with van der Waals surface area (Å²) < 4.78 is 6.28. The van der Waals surface area contributed by atoms with Crippen LogP contribution >= 0.6 is 0 Å². The number of para-hydroxylation sites is 1. The first-order valence-electron chi connectivity index (χ1n) is 15.0. The van der Waals surface area contributed by atoms with Crippen molar-refractivity contribution < 1.29 is 9.84 Å². The fourth-order valence-corrected chi connectivity index (χ4v) is 7.09. The van der Waals surface area contributed by atoms with E-state index in [0.717, 1.165) is 23.2 Å². The molecule has 216 valence electrons. The molecule has 2 atom stereocenters. The molecule has 0 unspecified atom stereocenters. The van der Waals surface area contributed by atoms with Crippen LogP contribution in [0.1, 0.15) is 65.3 Å². The lowest BCUT2D eigenvalue weighted by Crippen LogP contribution is -2.45. The number of pyridine rings is 1. The highest BCUT2D eigenvalue weighted by atomic mass is 16.5. The average molecular weight is 568 g/mol. The molecule has 0 bridgehead atoms. The number of amidine groups is 1. The summed E-state index contributed by atoms with van der Waals surface area (Å²) in [6, 6.07) is 28.6. The molecule has 7 rings (SSSR count). The van der Waals surface area contributed by atoms with Crippen LogP contribution in [0.25, 0.3) is 10.9 Å². The summed E-state index contributed by atoms with van der Waals surface area (Å²) in [5.41, 5.74) is 10.7. The second-order valence-electron chi connectivity index (χ2n) is 12.7. The molecule has 0 fully saturated rings. The number of hydrogen-bond donors (Lipinski definition) is 1. The molecule has 0 saturated carbocycles. The van der Waals surface area contributed by atoms with Gasteiger partial charge in [-0.1, -0.05) is 68.4 Å². The second-order valence-corrected chi connectivity index (χ2v) is 12.7. The van der Waals surface area contributed by atoms with Crippen LogP contribution in [0.5, 0.6) is 17.4 Å². The van der Waals surface area contributed by atoms with Gasteiger partial charge < -0.3 is 14.7 Å². The predicted octanol–water partition coefficient (Wildman–Crippen LogP) is 9.02. The van der Waals surface area contributed by atoms with Gasteiger partial charge in [0.2, 0.25) is 5.88 Å². The van der Waals surface area contributed by atoms with Gasteiger partial charge in [-0.05, 0) is 97.2 Å². The quantitative estimate of drug-likeness (QED) is 0.235. The van der Waals surface area contributed by atoms with Crippen LogP contribution < -0.4 is 9.64 Å². The molecule has 0 spiro atoms. The number of aryl methyl sites for hydroxylation is 2. The molecule has 43 heavy (non-hydrogen) atoms. The van der Waals surface area contributed by atoms with Crippen LogP contribution in [0.4, 0.5) is 5.69 Å². The molecule has 0 amide bonds. The maximum atomic E-state index is 10.3. The van der Waals surface area contributed by atoms with Crippen molar-refractivity contribution >= 4 is 22.4 Å². The zero-order valence-electron chi connectivity index (χ0n) is 25.6. The molecule has 0 radical (unpaired) electrons. The summed E-state index contributed by atoms with van der Waals surface area (Å²) >= 11 is 0. The highest BCUT2D eigenvalue weighted by Crippen LogP contribution is 2.51. The van der Waals surface area contributed by atoms with Gasteiger partial charge in [-0.3, -0.25) is 4.99 Å². The first-order chi connectivity index (χ1) is 20.6. The summed E-state index contributed by atoms with van der Waals surface area (Å²) in [7, 11) is 0. The fourth-order valence-electron chi connectivity index (χ4n) is 7.09. The molecule has 4 aromatic carbocycles. The minimum absolute atomic E-state index is 0.0138. The molecule has 1 aromatic heterocycles. The molecule has 5 aromatic rings. The van der Waals surface area contributed by atoms with E-state index >= 15 is 0 Å². The number of phenolic OH excluding ortho intramolecular Hbond substituents is 1. The Labute approximate surface area is 253 Å². The van der Waals surface area contributed by atoms with Crippen molar-refractivity contribution in [2.75, 3.05) is 4.90 Å². The first-order valence-corrected chi connectivity index (χ1v) is 15.0. The monoisotopic (exact) mass is 567 g/mol. The number of benzene rings is 4. The highest BCUT2D eigenvalue weighted by molar-refractivity contribution is 6.13. The van der Waals surface area contributed by atoms with Crippen molar-refractivity contribution in [2.24, 2.45) is 4.99 Å². The predicted molar refractivity (Wildman–Crippen MR) is 175 cm³/mol. The van der Waals surface area contributed by atoms with E-state index in [-0.39, 0.29) is 23.2 Å². The maximum absolute atomic E-state index is 10.3. The third-order valence-electron chi connectivity index (χ3n) is 9.47. The maximum Gasteiger partial charge on any atom is 0.219 e. The van der Waals surface area contributed by atoms with Gasteiger partial charge in [0.15, 0.2) is 0 Å². The number of anilines is 1. The first kappa shape index (κ1) is 27.2. The molecule has 0 saturated heterocycles. The number of phenols is 1. The minimum atomic E-state index is 0.0138. The van der Waals surface area contributed by atoms with Crippen LogP contribution in [-0.2, 0) is 5.41 Å². The normalized spacial score (nSPS) is 18.7. The van der Waals surface area contributed by atoms with Gasteiger partial charge >= 0.3 is 0 Å². The van der Waals surface area contributed by atoms with Gasteiger partial charge in [-0.2, -0.15) is 0 Å². The van der Waals surface area contributed by atoms with Gasteiger partial charge in [0.05, 0.1) is 12.1 Å². The molecular formula is C38H37N3O2. The van der Waals surface area contributed by atoms with E-state index in [9.17, 15) is 5.11 Å². The summed E-state index contributed by atoms with van der Waals surface area (Å²) in [6.07, 6.45) is 0.994. The molecule has 5 heteroatoms. The summed E-state index contributed by atoms with van der Waals surface area (Å²) in [6.45, 7) is 13.6. The van der Waals surface area contributed by atoms with E-state index in [2.05, 4.69) is 93.9 Å². The number of nitrogens with zero attached hydrogens (tertiary/aromatic N) is 3. The third-order valence-corrected chi connectivity index (χ3v) is 9.47. The average Bonchev–Trinajstić information content (AvgIpc) is 3.35. The molecule has 2 heterocycles. The number of rotatable bonds is 4. The van der Waals surface area contributed by atoms with Gasteiger partial charge in [0.25, 0.3) is 0 Å². The standard InChI is InChI=1S/C38H37N3O2/c1-22-19-23(2)25(4)36(24(22)3)41-31-21-38(5,6)30-15-8-7-14-29(30)35(31)40-37(41)27-12-9-13-28(20-27)43-33-18-17-26-11-10-16-32(42)34(26)39-33/h7-20,31,35,42H,21H2,1-6H3/t31-,35+/m1/s1. The zero-order valence-corrected chi connectivity index (χ0v) is 25.6. The van der Waals surface area contributed by atoms with Crippen LogP contribution in [0.15, 0.2) is 89.9 Å². The molecule has 5 nitrogen and oxygen atoms in total. The topological polar surface area (TPSA) is 58.0 Å². The Morgan fingerprint density at radius 1 is 0.837 bits per heavy atom. The van der Waals surface area contributed by atoms with E-state index in [0.29, 0.717) is 17.1 Å². The van der Waals surface area contributed by atoms with Crippen molar-refractivity contribution in [2.45, 2.75) is 65.5 Å². The lowest BCUT2D eigenvalue weighted by Gasteiger charge is -2.43. The number of aromatic hydroxyl groups is 1. The van der Waals surface area contributed by atoms with Crippen molar-refractivity contribution in [3.8, 4) is 17.4 Å². The van der Waals surface area contributed by atoms with Gasteiger partial charge in [-0.25, -0.2) is 4.98 Å². The van der Waals surface area contributed by atoms with E-state index in [1.807, 2.05) is 36.4 Å². The van der Waals surface area contributed by atoms with Gasteiger partial charge in [-0.15, -0.1) is 0 Å². The Bertz CT molecular complexity index is 1910. The largest absolute Gasteiger partial charge is 0.506 e. The second kappa shape index (κ2) is 9.98. The Morgan fingerprint density at radius 2 is 1.58 bits per heavy atom. The number of fused-ring (bicyclic) bond motifs is 4. The van der Waals surface area contributed by atoms with E-state index in [4.69, 9.17) is 9.73 Å². The molecule has 1 aliphatic carbocycles. The molecule has 1 aliphatic heterocycles. The van der Waals surface area contributed by atoms with Crippen LogP contribution in [0.2, 0.25) is 0 Å². The fraction of sp³-hybridized carbons (Fsp3) is 0.263. The number of aliphatic imine (C=N–C) groups is 1. The highest BCUT2D eigenvalue weighted by Gasteiger charge is 2.47. The van der Waals surface area contributed by atoms with Crippen LogP contribution in [-0.4, -0.2) is 22.0 Å². The molecule has 2 aliphatic rings. The number of ether oxygens (including phenoxy) is 1. The zero-order chi connectivity index (χ0) is 30.0. The van der Waals surface area contributed by atoms with Crippen molar-refractivity contribution in [3.63, 3.8) is 0 Å². The van der Waals surface area contributed by atoms with Crippen LogP contribution in [0.3, 0.4) is 0 Å². The van der Waals surface area contributed by atoms with E-state index in [1.165, 1.54) is 39.1 Å². The van der Waals surface area contributed by atoms with Crippen molar-refractivity contribution in [1.82, 2.24) is 4.98 Å². The summed E-state index contributed by atoms with van der Waals surface area (Å²) in [5, 5.41) is 11.2. The molecule has 1 N–H and O–H groups in total. The SMILES string of the molecule is Cc1cc(C)c(C)c(N2C(c3cccc(Oc4ccc5cccc(O)c5n4)c3)=N[C@H]3c4ccccc4C(C)(C)C[C@H]32)c1C. The van der Waals surface area contributed by atoms with Gasteiger partial charge in [0.1, 0.15) is 22.9 Å². The number of hydrogen-bond acceptors (Lipinski definition) is 5. The van der Waals surface area contributed by atoms with Crippen molar-refractivity contribution in [3.05, 3.63) is 124 Å². The van der Waals surface area contributed by atoms with Gasteiger partial charge in [0, 0.05) is 22.7 Å². The van der Waals surface area contributed by atoms with E-state index in [1.54, 1.807) is 6.07 Å². The Kier molecular flexibility index (Phi) is 6.31. The summed E-state index contributed by atoms with van der Waals surface area (Å²) in [5.74, 6) is 2.21. The molecular weight excluding hydrogens is 530 g/mol.